The molecule has 1 fully saturated rings. The minimum absolute atomic E-state index is 0.198. The quantitative estimate of drug-likeness (QED) is 0.699. The molecular weight excluding hydrogens is 368 g/mol. The van der Waals surface area contributed by atoms with Crippen molar-refractivity contribution in [2.75, 3.05) is 47.6 Å². The molecule has 0 unspecified atom stereocenters. The first-order valence-corrected chi connectivity index (χ1v) is 10.1. The lowest BCUT2D eigenvalue weighted by Crippen LogP contribution is -2.52. The van der Waals surface area contributed by atoms with Gasteiger partial charge in [-0.2, -0.15) is 0 Å². The van der Waals surface area contributed by atoms with Crippen molar-refractivity contribution in [2.45, 2.75) is 25.6 Å². The van der Waals surface area contributed by atoms with E-state index in [4.69, 9.17) is 14.2 Å². The van der Waals surface area contributed by atoms with E-state index in [9.17, 15) is 5.11 Å². The average molecular weight is 401 g/mol. The van der Waals surface area contributed by atoms with Gasteiger partial charge in [0.1, 0.15) is 5.75 Å². The predicted octanol–water partition coefficient (Wildman–Crippen LogP) is 2.78. The van der Waals surface area contributed by atoms with Crippen LogP contribution in [0.1, 0.15) is 17.5 Å². The lowest BCUT2D eigenvalue weighted by Gasteiger charge is -2.41. The van der Waals surface area contributed by atoms with Crippen LogP contribution in [-0.4, -0.2) is 68.5 Å². The topological polar surface area (TPSA) is 54.4 Å². The molecule has 1 N–H and O–H groups in total. The van der Waals surface area contributed by atoms with E-state index < -0.39 is 0 Å². The SMILES string of the molecule is COc1cccc(CN2CCN(Cc3ccc(OC)c(OC)c3)C[C@H]2CCO)c1. The Labute approximate surface area is 173 Å². The molecule has 1 atom stereocenters. The lowest BCUT2D eigenvalue weighted by atomic mass is 10.1. The molecule has 2 aromatic rings. The van der Waals surface area contributed by atoms with Crippen LogP contribution >= 0.6 is 0 Å². The number of methoxy groups -OCH3 is 3. The van der Waals surface area contributed by atoms with Crippen molar-refractivity contribution in [3.63, 3.8) is 0 Å². The number of ether oxygens (including phenoxy) is 3. The maximum atomic E-state index is 9.59. The highest BCUT2D eigenvalue weighted by Gasteiger charge is 2.27. The van der Waals surface area contributed by atoms with Crippen molar-refractivity contribution in [3.05, 3.63) is 53.6 Å². The molecule has 0 amide bonds. The maximum absolute atomic E-state index is 9.59. The van der Waals surface area contributed by atoms with Crippen LogP contribution in [0.5, 0.6) is 17.2 Å². The molecule has 1 saturated heterocycles. The zero-order valence-corrected chi connectivity index (χ0v) is 17.6. The van der Waals surface area contributed by atoms with E-state index in [1.165, 1.54) is 11.1 Å². The van der Waals surface area contributed by atoms with E-state index in [0.717, 1.165) is 56.4 Å². The number of piperazine rings is 1. The van der Waals surface area contributed by atoms with Crippen LogP contribution in [0, 0.1) is 0 Å². The van der Waals surface area contributed by atoms with Gasteiger partial charge in [-0.05, 0) is 41.8 Å². The Hall–Kier alpha value is -2.28. The number of aliphatic hydroxyl groups excluding tert-OH is 1. The van der Waals surface area contributed by atoms with Gasteiger partial charge in [0.05, 0.1) is 21.3 Å². The van der Waals surface area contributed by atoms with Crippen LogP contribution in [-0.2, 0) is 13.1 Å². The summed E-state index contributed by atoms with van der Waals surface area (Å²) in [5, 5.41) is 9.59. The summed E-state index contributed by atoms with van der Waals surface area (Å²) in [6.45, 7) is 4.80. The summed E-state index contributed by atoms with van der Waals surface area (Å²) in [5.74, 6) is 2.39. The van der Waals surface area contributed by atoms with Gasteiger partial charge in [0.2, 0.25) is 0 Å². The third-order valence-electron chi connectivity index (χ3n) is 5.53. The van der Waals surface area contributed by atoms with Gasteiger partial charge in [0.25, 0.3) is 0 Å². The molecule has 6 nitrogen and oxygen atoms in total. The van der Waals surface area contributed by atoms with Gasteiger partial charge < -0.3 is 19.3 Å². The second kappa shape index (κ2) is 10.5. The Morgan fingerprint density at radius 1 is 0.897 bits per heavy atom. The summed E-state index contributed by atoms with van der Waals surface area (Å²) in [7, 11) is 5.01. The molecule has 0 bridgehead atoms. The molecular formula is C23H32N2O4. The van der Waals surface area contributed by atoms with E-state index >= 15 is 0 Å². The monoisotopic (exact) mass is 400 g/mol. The van der Waals surface area contributed by atoms with Crippen LogP contribution < -0.4 is 14.2 Å². The van der Waals surface area contributed by atoms with Crippen molar-refractivity contribution in [2.24, 2.45) is 0 Å². The van der Waals surface area contributed by atoms with Gasteiger partial charge in [0, 0.05) is 45.4 Å². The smallest absolute Gasteiger partial charge is 0.161 e. The van der Waals surface area contributed by atoms with Crippen molar-refractivity contribution in [3.8, 4) is 17.2 Å². The minimum atomic E-state index is 0.198. The number of hydrogen-bond acceptors (Lipinski definition) is 6. The average Bonchev–Trinajstić information content (AvgIpc) is 2.75. The molecule has 1 heterocycles. The van der Waals surface area contributed by atoms with Crippen LogP contribution in [0.25, 0.3) is 0 Å². The largest absolute Gasteiger partial charge is 0.497 e. The first-order valence-electron chi connectivity index (χ1n) is 10.1. The minimum Gasteiger partial charge on any atom is -0.497 e. The highest BCUT2D eigenvalue weighted by Crippen LogP contribution is 2.28. The standard InChI is InChI=1S/C23H32N2O4/c1-27-21-6-4-5-18(13-21)16-25-11-10-24(17-20(25)9-12-26)15-19-7-8-22(28-2)23(14-19)29-3/h4-8,13-14,20,26H,9-12,15-17H2,1-3H3/t20-/m1/s1. The Morgan fingerprint density at radius 2 is 1.69 bits per heavy atom. The molecule has 29 heavy (non-hydrogen) atoms. The third-order valence-corrected chi connectivity index (χ3v) is 5.53. The second-order valence-electron chi connectivity index (χ2n) is 7.41. The van der Waals surface area contributed by atoms with Gasteiger partial charge in [-0.1, -0.05) is 18.2 Å². The van der Waals surface area contributed by atoms with Gasteiger partial charge in [-0.25, -0.2) is 0 Å². The summed E-state index contributed by atoms with van der Waals surface area (Å²) in [4.78, 5) is 4.92. The summed E-state index contributed by atoms with van der Waals surface area (Å²) in [5.41, 5.74) is 2.44. The molecule has 0 spiro atoms. The highest BCUT2D eigenvalue weighted by molar-refractivity contribution is 5.42. The van der Waals surface area contributed by atoms with Gasteiger partial charge in [0.15, 0.2) is 11.5 Å². The first-order chi connectivity index (χ1) is 14.2. The van der Waals surface area contributed by atoms with Crippen LogP contribution in [0.3, 0.4) is 0 Å². The zero-order valence-electron chi connectivity index (χ0n) is 17.6. The molecule has 158 valence electrons. The van der Waals surface area contributed by atoms with Gasteiger partial charge >= 0.3 is 0 Å². The molecule has 0 aliphatic carbocycles. The van der Waals surface area contributed by atoms with Crippen molar-refractivity contribution in [1.82, 2.24) is 9.80 Å². The second-order valence-corrected chi connectivity index (χ2v) is 7.41. The molecule has 2 aromatic carbocycles. The summed E-state index contributed by atoms with van der Waals surface area (Å²) < 4.78 is 16.1. The summed E-state index contributed by atoms with van der Waals surface area (Å²) in [6.07, 6.45) is 0.770. The first kappa shape index (κ1) is 21.4. The molecule has 1 aliphatic heterocycles. The molecule has 6 heteroatoms. The van der Waals surface area contributed by atoms with Crippen molar-refractivity contribution < 1.29 is 19.3 Å². The molecule has 1 aliphatic rings. The summed E-state index contributed by atoms with van der Waals surface area (Å²) >= 11 is 0. The lowest BCUT2D eigenvalue weighted by molar-refractivity contribution is 0.0499. The number of rotatable bonds is 9. The van der Waals surface area contributed by atoms with E-state index in [1.54, 1.807) is 21.3 Å². The Balaban J connectivity index is 1.65. The normalized spacial score (nSPS) is 17.9. The predicted molar refractivity (Wildman–Crippen MR) is 114 cm³/mol. The molecule has 0 aromatic heterocycles. The fourth-order valence-electron chi connectivity index (χ4n) is 3.97. The highest BCUT2D eigenvalue weighted by atomic mass is 16.5. The van der Waals surface area contributed by atoms with E-state index in [-0.39, 0.29) is 6.61 Å². The van der Waals surface area contributed by atoms with Crippen LogP contribution in [0.4, 0.5) is 0 Å². The van der Waals surface area contributed by atoms with Crippen LogP contribution in [0.15, 0.2) is 42.5 Å². The van der Waals surface area contributed by atoms with E-state index in [2.05, 4.69) is 28.0 Å². The van der Waals surface area contributed by atoms with E-state index in [1.807, 2.05) is 24.3 Å². The van der Waals surface area contributed by atoms with Crippen molar-refractivity contribution in [1.29, 1.82) is 0 Å². The molecule has 0 saturated carbocycles. The number of aliphatic hydroxyl groups is 1. The Kier molecular flexibility index (Phi) is 7.75. The Morgan fingerprint density at radius 3 is 2.41 bits per heavy atom. The van der Waals surface area contributed by atoms with Crippen LogP contribution in [0.2, 0.25) is 0 Å². The number of hydrogen-bond donors (Lipinski definition) is 1. The molecule has 3 rings (SSSR count). The van der Waals surface area contributed by atoms with Crippen molar-refractivity contribution >= 4 is 0 Å². The fourth-order valence-corrected chi connectivity index (χ4v) is 3.97. The Bertz CT molecular complexity index is 783. The number of benzene rings is 2. The maximum Gasteiger partial charge on any atom is 0.161 e. The van der Waals surface area contributed by atoms with E-state index in [0.29, 0.717) is 6.04 Å². The van der Waals surface area contributed by atoms with Gasteiger partial charge in [-0.3, -0.25) is 9.80 Å². The third kappa shape index (κ3) is 5.63. The molecule has 0 radical (unpaired) electrons. The zero-order chi connectivity index (χ0) is 20.6. The number of nitrogens with zero attached hydrogens (tertiary/aromatic N) is 2. The fraction of sp³-hybridized carbons (Fsp3) is 0.478. The van der Waals surface area contributed by atoms with Gasteiger partial charge in [-0.15, -0.1) is 0 Å². The summed E-state index contributed by atoms with van der Waals surface area (Å²) in [6, 6.07) is 14.6.